The van der Waals surface area contributed by atoms with E-state index in [0.717, 1.165) is 0 Å². The van der Waals surface area contributed by atoms with Crippen molar-refractivity contribution in [2.45, 2.75) is 6.54 Å². The van der Waals surface area contributed by atoms with Crippen LogP contribution in [-0.2, 0) is 16.1 Å². The lowest BCUT2D eigenvalue weighted by atomic mass is 10.2. The average molecular weight is 347 g/mol. The Morgan fingerprint density at radius 1 is 1.32 bits per heavy atom. The Morgan fingerprint density at radius 2 is 2.08 bits per heavy atom. The molecule has 0 radical (unpaired) electrons. The van der Waals surface area contributed by atoms with Crippen molar-refractivity contribution in [2.75, 3.05) is 33.9 Å². The zero-order valence-corrected chi connectivity index (χ0v) is 14.2. The number of hydrogen-bond acceptors (Lipinski definition) is 6. The van der Waals surface area contributed by atoms with E-state index in [2.05, 4.69) is 20.6 Å². The predicted octanol–water partition coefficient (Wildman–Crippen LogP) is -0.173. The topological polar surface area (TPSA) is 116 Å². The van der Waals surface area contributed by atoms with Crippen LogP contribution < -0.4 is 16.2 Å². The van der Waals surface area contributed by atoms with Crippen molar-refractivity contribution >= 4 is 22.8 Å². The predicted molar refractivity (Wildman–Crippen MR) is 92.1 cm³/mol. The number of benzene rings is 1. The van der Waals surface area contributed by atoms with E-state index < -0.39 is 11.9 Å². The molecule has 1 aromatic heterocycles. The van der Waals surface area contributed by atoms with E-state index in [4.69, 9.17) is 4.74 Å². The fraction of sp³-hybridized carbons (Fsp3) is 0.375. The van der Waals surface area contributed by atoms with Gasteiger partial charge in [-0.05, 0) is 12.1 Å². The highest BCUT2D eigenvalue weighted by atomic mass is 16.5. The zero-order chi connectivity index (χ0) is 18.2. The maximum absolute atomic E-state index is 12.1. The molecule has 1 aromatic carbocycles. The Bertz CT molecular complexity index is 804. The molecule has 0 atom stereocenters. The molecular weight excluding hydrogens is 326 g/mol. The molecule has 0 aliphatic rings. The van der Waals surface area contributed by atoms with E-state index in [1.807, 2.05) is 0 Å². The number of nitrogens with one attached hydrogen (secondary N) is 3. The summed E-state index contributed by atoms with van der Waals surface area (Å²) in [5.74, 6) is -0.0221. The zero-order valence-electron chi connectivity index (χ0n) is 14.2. The van der Waals surface area contributed by atoms with Crippen molar-refractivity contribution in [3.05, 3.63) is 40.4 Å². The standard InChI is InChI=1S/C16H21N5O4/c1-17-16(24)20-14(22)10-21(7-8-25-2)9-13-18-12-6-4-3-5-11(12)15(23)19-13/h3-6H,7-10H2,1-2H3,(H,18,19,23)(H2,17,20,22,24). The van der Waals surface area contributed by atoms with Crippen LogP contribution in [0.4, 0.5) is 4.79 Å². The number of ether oxygens (including phenoxy) is 1. The van der Waals surface area contributed by atoms with Gasteiger partial charge in [0.05, 0.1) is 30.6 Å². The van der Waals surface area contributed by atoms with Crippen molar-refractivity contribution in [1.82, 2.24) is 25.5 Å². The van der Waals surface area contributed by atoms with Crippen LogP contribution in [-0.4, -0.2) is 60.7 Å². The van der Waals surface area contributed by atoms with Crippen LogP contribution in [0.15, 0.2) is 29.1 Å². The van der Waals surface area contributed by atoms with E-state index >= 15 is 0 Å². The minimum atomic E-state index is -0.575. The number of para-hydroxylation sites is 1. The highest BCUT2D eigenvalue weighted by Gasteiger charge is 2.15. The molecule has 3 N–H and O–H groups in total. The first-order valence-electron chi connectivity index (χ1n) is 7.74. The highest BCUT2D eigenvalue weighted by Crippen LogP contribution is 2.07. The summed E-state index contributed by atoms with van der Waals surface area (Å²) in [4.78, 5) is 44.1. The molecule has 0 fully saturated rings. The minimum absolute atomic E-state index is 0.0344. The number of rotatable bonds is 7. The average Bonchev–Trinajstić information content (AvgIpc) is 2.59. The Kier molecular flexibility index (Phi) is 6.61. The third-order valence-electron chi connectivity index (χ3n) is 3.49. The smallest absolute Gasteiger partial charge is 0.321 e. The summed E-state index contributed by atoms with van der Waals surface area (Å²) in [6.07, 6.45) is 0. The van der Waals surface area contributed by atoms with Gasteiger partial charge in [-0.25, -0.2) is 9.78 Å². The van der Waals surface area contributed by atoms with Gasteiger partial charge in [0.2, 0.25) is 5.91 Å². The number of methoxy groups -OCH3 is 1. The molecule has 0 bridgehead atoms. The largest absolute Gasteiger partial charge is 0.383 e. The molecule has 2 rings (SSSR count). The summed E-state index contributed by atoms with van der Waals surface area (Å²) in [6.45, 7) is 1.04. The molecule has 1 heterocycles. The molecule has 0 saturated carbocycles. The van der Waals surface area contributed by atoms with Crippen LogP contribution in [0.2, 0.25) is 0 Å². The van der Waals surface area contributed by atoms with Crippen LogP contribution in [0.3, 0.4) is 0 Å². The summed E-state index contributed by atoms with van der Waals surface area (Å²) in [7, 11) is 2.98. The number of hydrogen-bond donors (Lipinski definition) is 3. The number of aromatic amines is 1. The van der Waals surface area contributed by atoms with Gasteiger partial charge in [-0.1, -0.05) is 12.1 Å². The van der Waals surface area contributed by atoms with Crippen molar-refractivity contribution in [2.24, 2.45) is 0 Å². The first kappa shape index (κ1) is 18.6. The Labute approximate surface area is 144 Å². The Morgan fingerprint density at radius 3 is 2.80 bits per heavy atom. The third-order valence-corrected chi connectivity index (χ3v) is 3.49. The van der Waals surface area contributed by atoms with Crippen LogP contribution in [0.1, 0.15) is 5.82 Å². The van der Waals surface area contributed by atoms with E-state index in [1.165, 1.54) is 7.05 Å². The molecule has 2 aromatic rings. The number of imide groups is 1. The van der Waals surface area contributed by atoms with Crippen molar-refractivity contribution < 1.29 is 14.3 Å². The SMILES string of the molecule is CNC(=O)NC(=O)CN(CCOC)Cc1nc2ccccc2c(=O)[nH]1. The maximum atomic E-state index is 12.1. The third kappa shape index (κ3) is 5.37. The van der Waals surface area contributed by atoms with Crippen molar-refractivity contribution in [1.29, 1.82) is 0 Å². The van der Waals surface area contributed by atoms with Crippen LogP contribution in [0.25, 0.3) is 10.9 Å². The number of carbonyl (C=O) groups is 2. The second kappa shape index (κ2) is 8.90. The second-order valence-electron chi connectivity index (χ2n) is 5.36. The van der Waals surface area contributed by atoms with Gasteiger partial charge in [-0.3, -0.25) is 19.8 Å². The van der Waals surface area contributed by atoms with Gasteiger partial charge in [0, 0.05) is 20.7 Å². The lowest BCUT2D eigenvalue weighted by Gasteiger charge is -2.20. The number of urea groups is 1. The molecular formula is C16H21N5O4. The van der Waals surface area contributed by atoms with Gasteiger partial charge in [0.1, 0.15) is 5.82 Å². The van der Waals surface area contributed by atoms with Crippen molar-refractivity contribution in [3.8, 4) is 0 Å². The van der Waals surface area contributed by atoms with Gasteiger partial charge >= 0.3 is 6.03 Å². The number of amides is 3. The summed E-state index contributed by atoms with van der Waals surface area (Å²) in [6, 6.07) is 6.45. The van der Waals surface area contributed by atoms with Gasteiger partial charge in [-0.2, -0.15) is 0 Å². The molecule has 0 aliphatic heterocycles. The number of aromatic nitrogens is 2. The van der Waals surface area contributed by atoms with Crippen molar-refractivity contribution in [3.63, 3.8) is 0 Å². The van der Waals surface area contributed by atoms with Gasteiger partial charge in [0.25, 0.3) is 5.56 Å². The molecule has 25 heavy (non-hydrogen) atoms. The first-order valence-corrected chi connectivity index (χ1v) is 7.74. The van der Waals surface area contributed by atoms with Gasteiger partial charge < -0.3 is 15.0 Å². The maximum Gasteiger partial charge on any atom is 0.321 e. The second-order valence-corrected chi connectivity index (χ2v) is 5.36. The number of nitrogens with zero attached hydrogens (tertiary/aromatic N) is 2. The van der Waals surface area contributed by atoms with E-state index in [1.54, 1.807) is 36.3 Å². The molecule has 0 aliphatic carbocycles. The molecule has 0 unspecified atom stereocenters. The monoisotopic (exact) mass is 347 g/mol. The lowest BCUT2D eigenvalue weighted by molar-refractivity contribution is -0.121. The molecule has 3 amide bonds. The number of H-pyrrole nitrogens is 1. The van der Waals surface area contributed by atoms with Crippen LogP contribution >= 0.6 is 0 Å². The van der Waals surface area contributed by atoms with E-state index in [-0.39, 0.29) is 18.6 Å². The summed E-state index contributed by atoms with van der Waals surface area (Å²) in [5, 5.41) is 5.02. The van der Waals surface area contributed by atoms with Crippen LogP contribution in [0, 0.1) is 0 Å². The first-order chi connectivity index (χ1) is 12.0. The Hall–Kier alpha value is -2.78. The lowest BCUT2D eigenvalue weighted by Crippen LogP contribution is -2.44. The van der Waals surface area contributed by atoms with Gasteiger partial charge in [0.15, 0.2) is 0 Å². The van der Waals surface area contributed by atoms with E-state index in [0.29, 0.717) is 29.9 Å². The fourth-order valence-corrected chi connectivity index (χ4v) is 2.29. The summed E-state index contributed by atoms with van der Waals surface area (Å²) in [5.41, 5.74) is 0.352. The number of carbonyl (C=O) groups excluding carboxylic acids is 2. The van der Waals surface area contributed by atoms with Crippen LogP contribution in [0.5, 0.6) is 0 Å². The molecule has 134 valence electrons. The van der Waals surface area contributed by atoms with E-state index in [9.17, 15) is 14.4 Å². The Balaban J connectivity index is 2.14. The van der Waals surface area contributed by atoms with Gasteiger partial charge in [-0.15, -0.1) is 0 Å². The summed E-state index contributed by atoms with van der Waals surface area (Å²) >= 11 is 0. The number of fused-ring (bicyclic) bond motifs is 1. The quantitative estimate of drug-likeness (QED) is 0.640. The molecule has 9 nitrogen and oxygen atoms in total. The molecule has 0 saturated heterocycles. The fourth-order valence-electron chi connectivity index (χ4n) is 2.29. The molecule has 9 heteroatoms. The normalized spacial score (nSPS) is 10.8. The highest BCUT2D eigenvalue weighted by molar-refractivity contribution is 5.95. The summed E-state index contributed by atoms with van der Waals surface area (Å²) < 4.78 is 5.04. The minimum Gasteiger partial charge on any atom is -0.383 e. The molecule has 0 spiro atoms.